The van der Waals surface area contributed by atoms with Crippen molar-refractivity contribution in [1.82, 2.24) is 9.38 Å². The van der Waals surface area contributed by atoms with Crippen molar-refractivity contribution in [2.24, 2.45) is 0 Å². The van der Waals surface area contributed by atoms with Crippen molar-refractivity contribution >= 4 is 28.9 Å². The van der Waals surface area contributed by atoms with E-state index >= 15 is 0 Å². The Morgan fingerprint density at radius 1 is 1.10 bits per heavy atom. The zero-order valence-electron chi connectivity index (χ0n) is 16.3. The predicted octanol–water partition coefficient (Wildman–Crippen LogP) is 7.05. The predicted molar refractivity (Wildman–Crippen MR) is 115 cm³/mol. The van der Waals surface area contributed by atoms with Gasteiger partial charge in [0.2, 0.25) is 0 Å². The van der Waals surface area contributed by atoms with Crippen LogP contribution < -0.4 is 0 Å². The minimum absolute atomic E-state index is 0.101. The average Bonchev–Trinajstić information content (AvgIpc) is 3.09. The highest BCUT2D eigenvalue weighted by molar-refractivity contribution is 6.30. The zero-order valence-corrected chi connectivity index (χ0v) is 17.0. The van der Waals surface area contributed by atoms with Crippen LogP contribution in [0.15, 0.2) is 66.9 Å². The SMILES string of the molecule is Cc1ccn2c(C=C(C#N)c3cccc(C(F)(F)F)c3)c(-c3ccc(Cl)cc3)nc2c1. The van der Waals surface area contributed by atoms with Crippen molar-refractivity contribution in [3.8, 4) is 17.3 Å². The summed E-state index contributed by atoms with van der Waals surface area (Å²) >= 11 is 6.00. The van der Waals surface area contributed by atoms with Gasteiger partial charge in [-0.2, -0.15) is 18.4 Å². The first-order chi connectivity index (χ1) is 14.8. The summed E-state index contributed by atoms with van der Waals surface area (Å²) in [5.41, 5.74) is 3.11. The van der Waals surface area contributed by atoms with Crippen LogP contribution in [0.25, 0.3) is 28.6 Å². The molecule has 2 heterocycles. The molecule has 7 heteroatoms. The van der Waals surface area contributed by atoms with Crippen molar-refractivity contribution in [2.75, 3.05) is 0 Å². The van der Waals surface area contributed by atoms with Crippen molar-refractivity contribution in [1.29, 1.82) is 5.26 Å². The van der Waals surface area contributed by atoms with Gasteiger partial charge in [0.1, 0.15) is 5.65 Å². The molecular formula is C24H15ClF3N3. The number of fused-ring (bicyclic) bond motifs is 1. The van der Waals surface area contributed by atoms with E-state index in [1.54, 1.807) is 18.2 Å². The quantitative estimate of drug-likeness (QED) is 0.322. The minimum atomic E-state index is -4.49. The summed E-state index contributed by atoms with van der Waals surface area (Å²) in [6, 6.07) is 17.6. The van der Waals surface area contributed by atoms with Crippen LogP contribution in [0.4, 0.5) is 13.2 Å². The second-order valence-electron chi connectivity index (χ2n) is 7.03. The molecule has 4 aromatic rings. The number of rotatable bonds is 3. The van der Waals surface area contributed by atoms with E-state index in [0.29, 0.717) is 22.1 Å². The number of pyridine rings is 1. The van der Waals surface area contributed by atoms with Gasteiger partial charge in [0, 0.05) is 16.8 Å². The molecule has 2 aromatic carbocycles. The van der Waals surface area contributed by atoms with Crippen LogP contribution in [0.1, 0.15) is 22.4 Å². The normalized spacial score (nSPS) is 12.2. The lowest BCUT2D eigenvalue weighted by Crippen LogP contribution is -2.05. The van der Waals surface area contributed by atoms with Crippen LogP contribution in [0, 0.1) is 18.3 Å². The fraction of sp³-hybridized carbons (Fsp3) is 0.0833. The number of aromatic nitrogens is 2. The smallest absolute Gasteiger partial charge is 0.300 e. The van der Waals surface area contributed by atoms with Crippen LogP contribution in [-0.2, 0) is 6.18 Å². The highest BCUT2D eigenvalue weighted by Crippen LogP contribution is 2.33. The summed E-state index contributed by atoms with van der Waals surface area (Å²) in [6.45, 7) is 1.94. The van der Waals surface area contributed by atoms with Gasteiger partial charge in [-0.1, -0.05) is 35.9 Å². The van der Waals surface area contributed by atoms with Gasteiger partial charge in [0.05, 0.1) is 28.6 Å². The van der Waals surface area contributed by atoms with Gasteiger partial charge in [-0.15, -0.1) is 0 Å². The molecule has 0 atom stereocenters. The monoisotopic (exact) mass is 437 g/mol. The molecule has 0 saturated carbocycles. The lowest BCUT2D eigenvalue weighted by Gasteiger charge is -2.08. The van der Waals surface area contributed by atoms with Crippen LogP contribution in [0.3, 0.4) is 0 Å². The van der Waals surface area contributed by atoms with E-state index in [-0.39, 0.29) is 11.1 Å². The Labute approximate surface area is 181 Å². The van der Waals surface area contributed by atoms with Gasteiger partial charge in [-0.05, 0) is 60.5 Å². The first-order valence-electron chi connectivity index (χ1n) is 9.30. The van der Waals surface area contributed by atoms with Gasteiger partial charge < -0.3 is 0 Å². The molecule has 0 bridgehead atoms. The molecule has 0 aliphatic rings. The molecule has 3 nitrogen and oxygen atoms in total. The Bertz CT molecular complexity index is 1340. The van der Waals surface area contributed by atoms with Gasteiger partial charge in [-0.3, -0.25) is 4.40 Å². The van der Waals surface area contributed by atoms with Gasteiger partial charge in [0.25, 0.3) is 0 Å². The number of imidazole rings is 1. The maximum Gasteiger partial charge on any atom is 0.416 e. The lowest BCUT2D eigenvalue weighted by molar-refractivity contribution is -0.137. The number of nitriles is 1. The van der Waals surface area contributed by atoms with E-state index in [1.165, 1.54) is 12.1 Å². The molecule has 0 spiro atoms. The number of hydrogen-bond acceptors (Lipinski definition) is 2. The highest BCUT2D eigenvalue weighted by Gasteiger charge is 2.30. The fourth-order valence-electron chi connectivity index (χ4n) is 3.30. The van der Waals surface area contributed by atoms with Crippen molar-refractivity contribution < 1.29 is 13.2 Å². The molecule has 0 amide bonds. The molecule has 31 heavy (non-hydrogen) atoms. The Morgan fingerprint density at radius 2 is 1.84 bits per heavy atom. The number of hydrogen-bond donors (Lipinski definition) is 0. The summed E-state index contributed by atoms with van der Waals surface area (Å²) in [5.74, 6) is 0. The molecular weight excluding hydrogens is 423 g/mol. The number of aryl methyl sites for hydroxylation is 1. The Balaban J connectivity index is 1.94. The number of benzene rings is 2. The molecule has 0 unspecified atom stereocenters. The maximum atomic E-state index is 13.1. The minimum Gasteiger partial charge on any atom is -0.300 e. The summed E-state index contributed by atoms with van der Waals surface area (Å²) in [6.07, 6.45) is -1.11. The topological polar surface area (TPSA) is 41.1 Å². The second-order valence-corrected chi connectivity index (χ2v) is 7.47. The Hall–Kier alpha value is -3.56. The van der Waals surface area contributed by atoms with Crippen molar-refractivity contribution in [3.05, 3.63) is 94.3 Å². The Morgan fingerprint density at radius 3 is 2.52 bits per heavy atom. The van der Waals surface area contributed by atoms with E-state index in [1.807, 2.05) is 47.9 Å². The third kappa shape index (κ3) is 4.18. The van der Waals surface area contributed by atoms with Gasteiger partial charge in [0.15, 0.2) is 0 Å². The number of allylic oxidation sites excluding steroid dienone is 1. The van der Waals surface area contributed by atoms with Crippen LogP contribution >= 0.6 is 11.6 Å². The molecule has 0 radical (unpaired) electrons. The third-order valence-corrected chi connectivity index (χ3v) is 5.09. The molecule has 0 aliphatic heterocycles. The molecule has 4 rings (SSSR count). The molecule has 154 valence electrons. The fourth-order valence-corrected chi connectivity index (χ4v) is 3.43. The van der Waals surface area contributed by atoms with Gasteiger partial charge >= 0.3 is 6.18 Å². The number of nitrogens with zero attached hydrogens (tertiary/aromatic N) is 3. The summed E-state index contributed by atoms with van der Waals surface area (Å²) in [7, 11) is 0. The molecule has 2 aromatic heterocycles. The second kappa shape index (κ2) is 7.93. The van der Waals surface area contributed by atoms with Crippen molar-refractivity contribution in [3.63, 3.8) is 0 Å². The number of halogens is 4. The van der Waals surface area contributed by atoms with E-state index < -0.39 is 11.7 Å². The number of alkyl halides is 3. The zero-order chi connectivity index (χ0) is 22.2. The molecule has 0 N–H and O–H groups in total. The van der Waals surface area contributed by atoms with Gasteiger partial charge in [-0.25, -0.2) is 4.98 Å². The molecule has 0 saturated heterocycles. The van der Waals surface area contributed by atoms with E-state index in [2.05, 4.69) is 0 Å². The van der Waals surface area contributed by atoms with E-state index in [0.717, 1.165) is 23.3 Å². The van der Waals surface area contributed by atoms with E-state index in [4.69, 9.17) is 16.6 Å². The lowest BCUT2D eigenvalue weighted by atomic mass is 10.0. The average molecular weight is 438 g/mol. The summed E-state index contributed by atoms with van der Waals surface area (Å²) < 4.78 is 41.3. The van der Waals surface area contributed by atoms with Crippen molar-refractivity contribution in [2.45, 2.75) is 13.1 Å². The summed E-state index contributed by atoms with van der Waals surface area (Å²) in [4.78, 5) is 4.70. The maximum absolute atomic E-state index is 13.1. The summed E-state index contributed by atoms with van der Waals surface area (Å²) in [5, 5.41) is 10.3. The van der Waals surface area contributed by atoms with Crippen LogP contribution in [0.2, 0.25) is 5.02 Å². The van der Waals surface area contributed by atoms with Crippen LogP contribution in [-0.4, -0.2) is 9.38 Å². The molecule has 0 aliphatic carbocycles. The molecule has 0 fully saturated rings. The largest absolute Gasteiger partial charge is 0.416 e. The standard InChI is InChI=1S/C24H15ClF3N3/c1-15-9-10-31-21(23(30-22(31)11-15)16-5-7-20(25)8-6-16)13-18(14-29)17-3-2-4-19(12-17)24(26,27)28/h2-13H,1H3. The first-order valence-corrected chi connectivity index (χ1v) is 9.68. The van der Waals surface area contributed by atoms with E-state index in [9.17, 15) is 18.4 Å². The third-order valence-electron chi connectivity index (χ3n) is 4.84. The van der Waals surface area contributed by atoms with Crippen LogP contribution in [0.5, 0.6) is 0 Å². The Kier molecular flexibility index (Phi) is 5.30. The highest BCUT2D eigenvalue weighted by atomic mass is 35.5. The first kappa shape index (κ1) is 20.7.